The maximum atomic E-state index is 7.30. The van der Waals surface area contributed by atoms with Crippen molar-refractivity contribution < 1.29 is 4.74 Å². The van der Waals surface area contributed by atoms with Gasteiger partial charge in [-0.2, -0.15) is 0 Å². The zero-order valence-corrected chi connectivity index (χ0v) is 40.2. The minimum atomic E-state index is -0.178. The minimum absolute atomic E-state index is 0.0229. The number of hydrogen-bond acceptors (Lipinski definition) is 3. The molecular formula is C62H58BN3O. The molecule has 0 spiro atoms. The molecule has 4 heterocycles. The standard InChI is InChI=1S/C62H58BN3O/c1-60(2,3)41-27-25-39(26-28-41)40-17-15-20-45(35-40)66-54-23-16-22-53-57(54)63(59-58(66)47-21-13-14-24-56(47)67-59)50-32-31-46(38-55(50)64(53)44-18-11-10-12-19-44)65-51-33-29-42(61(4,5)6)36-48(51)49-37-43(62(7,8)9)30-34-52(49)65/h10-38,58-59H,1-9H3. The van der Waals surface area contributed by atoms with E-state index in [1.807, 2.05) is 0 Å². The first-order valence-electron chi connectivity index (χ1n) is 24.1. The Morgan fingerprint density at radius 1 is 0.448 bits per heavy atom. The summed E-state index contributed by atoms with van der Waals surface area (Å²) in [5, 5.41) is 2.58. The lowest BCUT2D eigenvalue weighted by Gasteiger charge is -2.48. The predicted octanol–water partition coefficient (Wildman–Crippen LogP) is 14.9. The minimum Gasteiger partial charge on any atom is -0.495 e. The average molecular weight is 872 g/mol. The van der Waals surface area contributed by atoms with Gasteiger partial charge in [0.1, 0.15) is 11.8 Å². The Morgan fingerprint density at radius 3 is 1.72 bits per heavy atom. The molecule has 0 radical (unpaired) electrons. The molecule has 3 aliphatic rings. The van der Waals surface area contributed by atoms with E-state index in [0.717, 1.165) is 22.8 Å². The second-order valence-electron chi connectivity index (χ2n) is 22.2. The van der Waals surface area contributed by atoms with Crippen molar-refractivity contribution >= 4 is 67.9 Å². The van der Waals surface area contributed by atoms with Gasteiger partial charge in [-0.15, -0.1) is 0 Å². The smallest absolute Gasteiger partial charge is 0.267 e. The summed E-state index contributed by atoms with van der Waals surface area (Å²) in [6.45, 7) is 20.7. The van der Waals surface area contributed by atoms with Crippen LogP contribution in [0.25, 0.3) is 38.6 Å². The summed E-state index contributed by atoms with van der Waals surface area (Å²) in [6.07, 6.45) is 0. The Hall–Kier alpha value is -6.98. The Morgan fingerprint density at radius 2 is 1.04 bits per heavy atom. The van der Waals surface area contributed by atoms with Crippen molar-refractivity contribution in [3.05, 3.63) is 198 Å². The number of nitrogens with zero attached hydrogens (tertiary/aromatic N) is 3. The van der Waals surface area contributed by atoms with Crippen LogP contribution in [0.15, 0.2) is 176 Å². The summed E-state index contributed by atoms with van der Waals surface area (Å²) in [6, 6.07) is 66.0. The van der Waals surface area contributed by atoms with Crippen LogP contribution in [0.4, 0.5) is 28.4 Å². The van der Waals surface area contributed by atoms with E-state index in [2.05, 4.69) is 253 Å². The van der Waals surface area contributed by atoms with Gasteiger partial charge in [-0.25, -0.2) is 0 Å². The number of para-hydroxylation sites is 2. The molecule has 2 unspecified atom stereocenters. The molecule has 67 heavy (non-hydrogen) atoms. The Labute approximate surface area is 396 Å². The Balaban J connectivity index is 1.07. The number of aromatic nitrogens is 1. The van der Waals surface area contributed by atoms with Crippen LogP contribution >= 0.6 is 0 Å². The summed E-state index contributed by atoms with van der Waals surface area (Å²) in [5.41, 5.74) is 19.8. The molecule has 0 N–H and O–H groups in total. The van der Waals surface area contributed by atoms with Crippen LogP contribution in [0.1, 0.15) is 90.6 Å². The van der Waals surface area contributed by atoms with Crippen LogP contribution in [0.2, 0.25) is 0 Å². The van der Waals surface area contributed by atoms with Crippen molar-refractivity contribution in [3.63, 3.8) is 0 Å². The van der Waals surface area contributed by atoms with Crippen molar-refractivity contribution in [1.82, 2.24) is 4.57 Å². The molecule has 0 fully saturated rings. The van der Waals surface area contributed by atoms with Gasteiger partial charge >= 0.3 is 0 Å². The summed E-state index contributed by atoms with van der Waals surface area (Å²) in [4.78, 5) is 5.09. The number of ether oxygens (including phenoxy) is 1. The third-order valence-electron chi connectivity index (χ3n) is 14.9. The molecule has 0 aliphatic carbocycles. The highest BCUT2D eigenvalue weighted by atomic mass is 16.5. The summed E-state index contributed by atoms with van der Waals surface area (Å²) < 4.78 is 9.80. The van der Waals surface area contributed by atoms with Crippen LogP contribution in [-0.2, 0) is 16.2 Å². The first-order valence-corrected chi connectivity index (χ1v) is 24.1. The van der Waals surface area contributed by atoms with E-state index < -0.39 is 0 Å². The quantitative estimate of drug-likeness (QED) is 0.164. The zero-order valence-electron chi connectivity index (χ0n) is 40.2. The Kier molecular flexibility index (Phi) is 9.13. The van der Waals surface area contributed by atoms with Gasteiger partial charge in [0.15, 0.2) is 0 Å². The largest absolute Gasteiger partial charge is 0.495 e. The second kappa shape index (κ2) is 14.8. The molecule has 12 rings (SSSR count). The predicted molar refractivity (Wildman–Crippen MR) is 284 cm³/mol. The summed E-state index contributed by atoms with van der Waals surface area (Å²) in [7, 11) is 0. The highest BCUT2D eigenvalue weighted by Gasteiger charge is 2.55. The number of benzene rings is 8. The molecule has 8 aromatic carbocycles. The highest BCUT2D eigenvalue weighted by Crippen LogP contribution is 2.52. The van der Waals surface area contributed by atoms with E-state index in [4.69, 9.17) is 4.74 Å². The van der Waals surface area contributed by atoms with Gasteiger partial charge in [0, 0.05) is 50.5 Å². The molecule has 0 saturated heterocycles. The number of fused-ring (bicyclic) bond motifs is 9. The maximum absolute atomic E-state index is 7.30. The normalized spacial score (nSPS) is 16.5. The Bertz CT molecular complexity index is 3350. The average Bonchev–Trinajstić information content (AvgIpc) is 3.86. The van der Waals surface area contributed by atoms with Gasteiger partial charge in [-0.05, 0) is 134 Å². The van der Waals surface area contributed by atoms with Gasteiger partial charge < -0.3 is 19.1 Å². The lowest BCUT2D eigenvalue weighted by atomic mass is 9.32. The molecule has 0 bridgehead atoms. The summed E-state index contributed by atoms with van der Waals surface area (Å²) >= 11 is 0. The topological polar surface area (TPSA) is 20.6 Å². The lowest BCUT2D eigenvalue weighted by molar-refractivity contribution is 0.282. The van der Waals surface area contributed by atoms with Gasteiger partial charge in [0.25, 0.3) is 6.71 Å². The van der Waals surface area contributed by atoms with Crippen LogP contribution in [0.3, 0.4) is 0 Å². The molecule has 0 saturated carbocycles. The SMILES string of the molecule is CC(C)(C)c1ccc(-c2cccc(N3c4cccc5c4B(c4ccc(-n6c7ccc(C(C)(C)C)cc7c7cc(C(C)(C)C)ccc76)cc4N5c4ccccc4)C4Oc5ccccc5C43)c2)cc1. The van der Waals surface area contributed by atoms with E-state index in [1.54, 1.807) is 0 Å². The van der Waals surface area contributed by atoms with Crippen molar-refractivity contribution in [1.29, 1.82) is 0 Å². The molecule has 3 aliphatic heterocycles. The third kappa shape index (κ3) is 6.56. The number of hydrogen-bond donors (Lipinski definition) is 0. The van der Waals surface area contributed by atoms with Gasteiger partial charge in [0.05, 0.1) is 17.1 Å². The molecule has 9 aromatic rings. The van der Waals surface area contributed by atoms with E-state index >= 15 is 0 Å². The van der Waals surface area contributed by atoms with Crippen molar-refractivity contribution in [2.24, 2.45) is 0 Å². The molecule has 330 valence electrons. The van der Waals surface area contributed by atoms with E-state index in [9.17, 15) is 0 Å². The fourth-order valence-electron chi connectivity index (χ4n) is 11.3. The number of anilines is 5. The van der Waals surface area contributed by atoms with Crippen LogP contribution in [0, 0.1) is 0 Å². The first-order chi connectivity index (χ1) is 32.1. The van der Waals surface area contributed by atoms with Crippen LogP contribution in [0.5, 0.6) is 5.75 Å². The van der Waals surface area contributed by atoms with E-state index in [1.165, 1.54) is 83.2 Å². The van der Waals surface area contributed by atoms with Crippen molar-refractivity contribution in [2.75, 3.05) is 9.80 Å². The molecule has 1 aromatic heterocycles. The fourth-order valence-corrected chi connectivity index (χ4v) is 11.3. The second-order valence-corrected chi connectivity index (χ2v) is 22.2. The molecular weight excluding hydrogens is 814 g/mol. The van der Waals surface area contributed by atoms with Crippen LogP contribution in [-0.4, -0.2) is 17.3 Å². The first kappa shape index (κ1) is 41.5. The zero-order chi connectivity index (χ0) is 46.1. The molecule has 4 nitrogen and oxygen atoms in total. The maximum Gasteiger partial charge on any atom is 0.267 e. The van der Waals surface area contributed by atoms with Gasteiger partial charge in [-0.1, -0.05) is 159 Å². The molecule has 5 heteroatoms. The van der Waals surface area contributed by atoms with Crippen molar-refractivity contribution in [2.45, 2.75) is 90.6 Å². The van der Waals surface area contributed by atoms with E-state index in [0.29, 0.717) is 0 Å². The molecule has 0 amide bonds. The fraction of sp³-hybridized carbons (Fsp3) is 0.226. The highest BCUT2D eigenvalue weighted by molar-refractivity contribution is 6.91. The van der Waals surface area contributed by atoms with Crippen molar-refractivity contribution in [3.8, 4) is 22.6 Å². The molecule has 2 atom stereocenters. The summed E-state index contributed by atoms with van der Waals surface area (Å²) in [5.74, 6) is 0.962. The van der Waals surface area contributed by atoms with E-state index in [-0.39, 0.29) is 35.0 Å². The lowest BCUT2D eigenvalue weighted by Crippen LogP contribution is -2.65. The third-order valence-corrected chi connectivity index (χ3v) is 14.9. The number of rotatable bonds is 4. The van der Waals surface area contributed by atoms with Gasteiger partial charge in [-0.3, -0.25) is 0 Å². The van der Waals surface area contributed by atoms with Crippen LogP contribution < -0.4 is 25.5 Å². The monoisotopic (exact) mass is 871 g/mol. The van der Waals surface area contributed by atoms with Gasteiger partial charge in [0.2, 0.25) is 0 Å².